The summed E-state index contributed by atoms with van der Waals surface area (Å²) in [6, 6.07) is 6.35. The number of benzene rings is 1. The van der Waals surface area contributed by atoms with Crippen molar-refractivity contribution in [3.05, 3.63) is 23.8 Å². The lowest BCUT2D eigenvalue weighted by Gasteiger charge is -2.34. The predicted molar refractivity (Wildman–Crippen MR) is 113 cm³/mol. The zero-order valence-corrected chi connectivity index (χ0v) is 18.1. The first kappa shape index (κ1) is 21.1. The van der Waals surface area contributed by atoms with E-state index in [1.807, 2.05) is 22.7 Å². The molecular formula is C21H35N3OS. The molecule has 1 atom stereocenters. The van der Waals surface area contributed by atoms with Gasteiger partial charge in [0.15, 0.2) is 0 Å². The second-order valence-electron chi connectivity index (χ2n) is 8.24. The summed E-state index contributed by atoms with van der Waals surface area (Å²) >= 11 is 1.89. The molecule has 1 N–H and O–H groups in total. The molecule has 2 amide bonds. The summed E-state index contributed by atoms with van der Waals surface area (Å²) in [6.45, 7) is 16.8. The van der Waals surface area contributed by atoms with Crippen LogP contribution in [0.4, 0.5) is 10.5 Å². The molecule has 1 fully saturated rings. The summed E-state index contributed by atoms with van der Waals surface area (Å²) in [6.07, 6.45) is 2.18. The summed E-state index contributed by atoms with van der Waals surface area (Å²) in [5, 5.41) is 3.72. The molecule has 1 unspecified atom stereocenters. The summed E-state index contributed by atoms with van der Waals surface area (Å²) in [7, 11) is 0. The summed E-state index contributed by atoms with van der Waals surface area (Å²) in [5.74, 6) is 0. The van der Waals surface area contributed by atoms with Gasteiger partial charge in [-0.1, -0.05) is 13.8 Å². The number of urea groups is 1. The van der Waals surface area contributed by atoms with E-state index >= 15 is 0 Å². The van der Waals surface area contributed by atoms with Crippen LogP contribution in [0.3, 0.4) is 0 Å². The van der Waals surface area contributed by atoms with E-state index in [4.69, 9.17) is 0 Å². The van der Waals surface area contributed by atoms with Gasteiger partial charge in [-0.05, 0) is 64.3 Å². The van der Waals surface area contributed by atoms with Gasteiger partial charge in [-0.2, -0.15) is 0 Å². The minimum atomic E-state index is 0.0196. The third-order valence-electron chi connectivity index (χ3n) is 5.08. The Labute approximate surface area is 163 Å². The molecule has 1 saturated heterocycles. The highest BCUT2D eigenvalue weighted by atomic mass is 32.2. The Kier molecular flexibility index (Phi) is 7.42. The second kappa shape index (κ2) is 9.14. The zero-order chi connectivity index (χ0) is 19.3. The molecule has 1 heterocycles. The molecular weight excluding hydrogens is 342 g/mol. The molecule has 0 bridgehead atoms. The molecule has 0 spiro atoms. The van der Waals surface area contributed by atoms with Crippen LogP contribution in [-0.4, -0.2) is 52.8 Å². The molecule has 1 aromatic carbocycles. The van der Waals surface area contributed by atoms with Crippen molar-refractivity contribution in [3.8, 4) is 0 Å². The van der Waals surface area contributed by atoms with E-state index in [1.54, 1.807) is 0 Å². The number of carbonyl (C=O) groups excluding carboxylic acids is 1. The number of hydrogen-bond acceptors (Lipinski definition) is 3. The van der Waals surface area contributed by atoms with Gasteiger partial charge in [0.25, 0.3) is 0 Å². The van der Waals surface area contributed by atoms with E-state index < -0.39 is 0 Å². The van der Waals surface area contributed by atoms with Gasteiger partial charge < -0.3 is 10.2 Å². The Morgan fingerprint density at radius 2 is 1.96 bits per heavy atom. The third kappa shape index (κ3) is 5.92. The fraction of sp³-hybridized carbons (Fsp3) is 0.667. The highest BCUT2D eigenvalue weighted by Gasteiger charge is 2.26. The average molecular weight is 378 g/mol. The number of rotatable bonds is 4. The van der Waals surface area contributed by atoms with Crippen LogP contribution in [0, 0.1) is 6.92 Å². The first-order chi connectivity index (χ1) is 12.2. The fourth-order valence-corrected chi connectivity index (χ4v) is 4.17. The van der Waals surface area contributed by atoms with Crippen molar-refractivity contribution in [3.63, 3.8) is 0 Å². The van der Waals surface area contributed by atoms with Crippen molar-refractivity contribution in [2.75, 3.05) is 31.5 Å². The zero-order valence-electron chi connectivity index (χ0n) is 17.3. The Bertz CT molecular complexity index is 612. The van der Waals surface area contributed by atoms with Gasteiger partial charge in [0.2, 0.25) is 0 Å². The highest BCUT2D eigenvalue weighted by molar-refractivity contribution is 7.99. The van der Waals surface area contributed by atoms with Crippen LogP contribution >= 0.6 is 11.8 Å². The van der Waals surface area contributed by atoms with Crippen LogP contribution in [-0.2, 0) is 0 Å². The van der Waals surface area contributed by atoms with Crippen LogP contribution in [0.1, 0.15) is 53.0 Å². The molecule has 0 aliphatic carbocycles. The SMILES string of the molecule is CCC(C)Sc1ccc(NC(=O)N2CCCN(C(C)(C)C)CC2)c(C)c1. The quantitative estimate of drug-likeness (QED) is 0.730. The van der Waals surface area contributed by atoms with Gasteiger partial charge >= 0.3 is 6.03 Å². The molecule has 1 aliphatic heterocycles. The van der Waals surface area contributed by atoms with Crippen LogP contribution in [0.25, 0.3) is 0 Å². The van der Waals surface area contributed by atoms with Gasteiger partial charge in [-0.25, -0.2) is 4.79 Å². The summed E-state index contributed by atoms with van der Waals surface area (Å²) in [4.78, 5) is 18.4. The van der Waals surface area contributed by atoms with Crippen molar-refractivity contribution in [2.45, 2.75) is 70.1 Å². The molecule has 1 aliphatic rings. The Morgan fingerprint density at radius 3 is 2.58 bits per heavy atom. The molecule has 26 heavy (non-hydrogen) atoms. The van der Waals surface area contributed by atoms with Crippen LogP contribution in [0.2, 0.25) is 0 Å². The van der Waals surface area contributed by atoms with E-state index in [0.717, 1.165) is 50.3 Å². The highest BCUT2D eigenvalue weighted by Crippen LogP contribution is 2.28. The maximum atomic E-state index is 12.7. The first-order valence-corrected chi connectivity index (χ1v) is 10.7. The number of nitrogens with zero attached hydrogens (tertiary/aromatic N) is 2. The predicted octanol–water partition coefficient (Wildman–Crippen LogP) is 5.22. The average Bonchev–Trinajstić information content (AvgIpc) is 2.83. The van der Waals surface area contributed by atoms with Gasteiger partial charge in [0, 0.05) is 47.6 Å². The number of aryl methyl sites for hydroxylation is 1. The standard InChI is InChI=1S/C21H35N3OS/c1-7-17(3)26-18-9-10-19(16(2)15-18)22-20(25)23-11-8-12-24(14-13-23)21(4,5)6/h9-10,15,17H,7-8,11-14H2,1-6H3,(H,22,25). The van der Waals surface area contributed by atoms with Crippen LogP contribution in [0.5, 0.6) is 0 Å². The molecule has 4 nitrogen and oxygen atoms in total. The van der Waals surface area contributed by atoms with Crippen molar-refractivity contribution in [1.29, 1.82) is 0 Å². The van der Waals surface area contributed by atoms with Crippen molar-refractivity contribution < 1.29 is 4.79 Å². The molecule has 1 aromatic rings. The van der Waals surface area contributed by atoms with E-state index in [1.165, 1.54) is 4.90 Å². The van der Waals surface area contributed by atoms with Crippen LogP contribution < -0.4 is 5.32 Å². The molecule has 2 rings (SSSR count). The smallest absolute Gasteiger partial charge is 0.321 e. The van der Waals surface area contributed by atoms with Crippen molar-refractivity contribution in [2.24, 2.45) is 0 Å². The van der Waals surface area contributed by atoms with E-state index in [-0.39, 0.29) is 11.6 Å². The van der Waals surface area contributed by atoms with E-state index in [2.05, 4.69) is 63.9 Å². The molecule has 0 radical (unpaired) electrons. The normalized spacial score (nSPS) is 17.7. The lowest BCUT2D eigenvalue weighted by atomic mass is 10.1. The van der Waals surface area contributed by atoms with Gasteiger partial charge in [0.05, 0.1) is 0 Å². The second-order valence-corrected chi connectivity index (χ2v) is 9.75. The number of hydrogen-bond donors (Lipinski definition) is 1. The topological polar surface area (TPSA) is 35.6 Å². The largest absolute Gasteiger partial charge is 0.323 e. The Morgan fingerprint density at radius 1 is 1.23 bits per heavy atom. The summed E-state index contributed by atoms with van der Waals surface area (Å²) < 4.78 is 0. The minimum Gasteiger partial charge on any atom is -0.323 e. The minimum absolute atomic E-state index is 0.0196. The number of nitrogens with one attached hydrogen (secondary N) is 1. The fourth-order valence-electron chi connectivity index (χ4n) is 3.15. The van der Waals surface area contributed by atoms with Gasteiger partial charge in [-0.15, -0.1) is 11.8 Å². The lowest BCUT2D eigenvalue weighted by Crippen LogP contribution is -2.44. The Hall–Kier alpha value is -1.20. The molecule has 5 heteroatoms. The first-order valence-electron chi connectivity index (χ1n) is 9.79. The van der Waals surface area contributed by atoms with Gasteiger partial charge in [-0.3, -0.25) is 4.90 Å². The Balaban J connectivity index is 1.97. The van der Waals surface area contributed by atoms with Gasteiger partial charge in [0.1, 0.15) is 0 Å². The molecule has 146 valence electrons. The number of amides is 2. The lowest BCUT2D eigenvalue weighted by molar-refractivity contribution is 0.142. The van der Waals surface area contributed by atoms with E-state index in [0.29, 0.717) is 5.25 Å². The van der Waals surface area contributed by atoms with Crippen molar-refractivity contribution in [1.82, 2.24) is 9.80 Å². The monoisotopic (exact) mass is 377 g/mol. The number of carbonyl (C=O) groups is 1. The molecule has 0 aromatic heterocycles. The molecule has 0 saturated carbocycles. The summed E-state index contributed by atoms with van der Waals surface area (Å²) in [5.41, 5.74) is 2.20. The van der Waals surface area contributed by atoms with Crippen molar-refractivity contribution >= 4 is 23.5 Å². The van der Waals surface area contributed by atoms with E-state index in [9.17, 15) is 4.79 Å². The number of anilines is 1. The van der Waals surface area contributed by atoms with Crippen LogP contribution in [0.15, 0.2) is 23.1 Å². The maximum absolute atomic E-state index is 12.7. The third-order valence-corrected chi connectivity index (χ3v) is 6.35. The number of thioether (sulfide) groups is 1. The maximum Gasteiger partial charge on any atom is 0.321 e.